The summed E-state index contributed by atoms with van der Waals surface area (Å²) in [7, 11) is 0. The Balaban J connectivity index is 2.09. The van der Waals surface area contributed by atoms with E-state index in [0.717, 1.165) is 12.0 Å². The van der Waals surface area contributed by atoms with Gasteiger partial charge in [-0.1, -0.05) is 13.3 Å². The van der Waals surface area contributed by atoms with Crippen LogP contribution in [0.4, 0.5) is 0 Å². The van der Waals surface area contributed by atoms with Gasteiger partial charge < -0.3 is 4.48 Å². The van der Waals surface area contributed by atoms with Crippen LogP contribution in [0.1, 0.15) is 52.4 Å². The fourth-order valence-corrected chi connectivity index (χ4v) is 3.96. The third kappa shape index (κ3) is 1.71. The van der Waals surface area contributed by atoms with Gasteiger partial charge in [0.05, 0.1) is 25.7 Å². The van der Waals surface area contributed by atoms with Crippen LogP contribution in [0.15, 0.2) is 0 Å². The van der Waals surface area contributed by atoms with E-state index in [1.54, 1.807) is 0 Å². The van der Waals surface area contributed by atoms with Gasteiger partial charge in [-0.15, -0.1) is 0 Å². The van der Waals surface area contributed by atoms with Crippen molar-refractivity contribution in [3.05, 3.63) is 0 Å². The van der Waals surface area contributed by atoms with Gasteiger partial charge in [0, 0.05) is 18.8 Å². The first kappa shape index (κ1) is 10.5. The molecule has 1 heteroatoms. The predicted molar refractivity (Wildman–Crippen MR) is 61.2 cm³/mol. The number of nitrogens with zero attached hydrogens (tertiary/aromatic N) is 1. The number of likely N-dealkylation sites (tertiary alicyclic amines) is 1. The van der Waals surface area contributed by atoms with E-state index in [9.17, 15) is 0 Å². The molecular formula is C13H26N+. The summed E-state index contributed by atoms with van der Waals surface area (Å²) in [6, 6.07) is 1.01. The summed E-state index contributed by atoms with van der Waals surface area (Å²) in [4.78, 5) is 0. The van der Waals surface area contributed by atoms with Gasteiger partial charge in [0.2, 0.25) is 0 Å². The van der Waals surface area contributed by atoms with E-state index in [-0.39, 0.29) is 0 Å². The van der Waals surface area contributed by atoms with Crippen molar-refractivity contribution in [1.29, 1.82) is 0 Å². The molecule has 0 spiro atoms. The van der Waals surface area contributed by atoms with Crippen LogP contribution in [0.3, 0.4) is 0 Å². The van der Waals surface area contributed by atoms with Crippen LogP contribution in [-0.4, -0.2) is 30.2 Å². The first-order chi connectivity index (χ1) is 6.78. The molecular weight excluding hydrogens is 170 g/mol. The highest BCUT2D eigenvalue weighted by Gasteiger charge is 2.41. The average molecular weight is 196 g/mol. The maximum absolute atomic E-state index is 2.50. The zero-order chi connectivity index (χ0) is 10.0. The summed E-state index contributed by atoms with van der Waals surface area (Å²) in [6.07, 6.45) is 8.95. The van der Waals surface area contributed by atoms with Crippen molar-refractivity contribution in [1.82, 2.24) is 0 Å². The topological polar surface area (TPSA) is 0 Å². The van der Waals surface area contributed by atoms with Crippen molar-refractivity contribution in [3.8, 4) is 0 Å². The second-order valence-electron chi connectivity index (χ2n) is 5.52. The van der Waals surface area contributed by atoms with Gasteiger partial charge in [-0.2, -0.15) is 0 Å². The molecule has 0 aromatic carbocycles. The quantitative estimate of drug-likeness (QED) is 0.595. The largest absolute Gasteiger partial charge is 0.321 e. The molecule has 2 aliphatic rings. The molecule has 1 heterocycles. The summed E-state index contributed by atoms with van der Waals surface area (Å²) >= 11 is 0. The number of rotatable bonds is 2. The summed E-state index contributed by atoms with van der Waals surface area (Å²) < 4.78 is 1.47. The summed E-state index contributed by atoms with van der Waals surface area (Å²) in [5, 5.41) is 0. The monoisotopic (exact) mass is 196 g/mol. The molecule has 0 aromatic heterocycles. The Morgan fingerprint density at radius 3 is 2.21 bits per heavy atom. The van der Waals surface area contributed by atoms with Crippen molar-refractivity contribution < 1.29 is 4.48 Å². The lowest BCUT2D eigenvalue weighted by molar-refractivity contribution is -0.943. The fraction of sp³-hybridized carbons (Fsp3) is 1.00. The van der Waals surface area contributed by atoms with Crippen molar-refractivity contribution in [2.45, 2.75) is 58.4 Å². The highest BCUT2D eigenvalue weighted by molar-refractivity contribution is 4.75. The van der Waals surface area contributed by atoms with E-state index in [2.05, 4.69) is 13.8 Å². The highest BCUT2D eigenvalue weighted by atomic mass is 15.4. The molecule has 1 saturated heterocycles. The minimum Gasteiger partial charge on any atom is -0.321 e. The first-order valence-electron chi connectivity index (χ1n) is 6.64. The lowest BCUT2D eigenvalue weighted by Crippen LogP contribution is -2.56. The van der Waals surface area contributed by atoms with Gasteiger partial charge in [0.15, 0.2) is 0 Å². The lowest BCUT2D eigenvalue weighted by atomic mass is 9.83. The summed E-state index contributed by atoms with van der Waals surface area (Å²) in [5.74, 6) is 0.988. The maximum atomic E-state index is 2.50. The Hall–Kier alpha value is -0.0400. The van der Waals surface area contributed by atoms with E-state index >= 15 is 0 Å². The summed E-state index contributed by atoms with van der Waals surface area (Å²) in [5.41, 5.74) is 0. The molecule has 2 rings (SSSR count). The van der Waals surface area contributed by atoms with Gasteiger partial charge in [0.25, 0.3) is 0 Å². The molecule has 0 N–H and O–H groups in total. The number of quaternary nitrogens is 1. The Morgan fingerprint density at radius 2 is 1.64 bits per heavy atom. The molecule has 2 fully saturated rings. The fourth-order valence-electron chi connectivity index (χ4n) is 3.96. The molecule has 2 atom stereocenters. The van der Waals surface area contributed by atoms with Crippen LogP contribution in [0.5, 0.6) is 0 Å². The molecule has 0 bridgehead atoms. The maximum Gasteiger partial charge on any atom is 0.0916 e. The van der Waals surface area contributed by atoms with Crippen LogP contribution in [0.25, 0.3) is 0 Å². The molecule has 0 aromatic rings. The van der Waals surface area contributed by atoms with E-state index in [0.29, 0.717) is 0 Å². The van der Waals surface area contributed by atoms with Gasteiger partial charge in [-0.3, -0.25) is 0 Å². The van der Waals surface area contributed by atoms with Gasteiger partial charge in [0.1, 0.15) is 0 Å². The smallest absolute Gasteiger partial charge is 0.0916 e. The SMILES string of the molecule is CC[N+]1(C2CCCCC2C)CCCC1. The third-order valence-corrected chi connectivity index (χ3v) is 4.86. The van der Waals surface area contributed by atoms with Crippen LogP contribution < -0.4 is 0 Å². The molecule has 0 radical (unpaired) electrons. The Labute approximate surface area is 89.1 Å². The third-order valence-electron chi connectivity index (χ3n) is 4.86. The van der Waals surface area contributed by atoms with Crippen molar-refractivity contribution in [2.24, 2.45) is 5.92 Å². The van der Waals surface area contributed by atoms with Crippen LogP contribution in [-0.2, 0) is 0 Å². The average Bonchev–Trinajstić information content (AvgIpc) is 2.68. The zero-order valence-electron chi connectivity index (χ0n) is 9.97. The standard InChI is InChI=1S/C13H26N/c1-3-14(10-6-7-11-14)13-9-5-4-8-12(13)2/h12-13H,3-11H2,1-2H3/q+1. The van der Waals surface area contributed by atoms with Crippen molar-refractivity contribution in [3.63, 3.8) is 0 Å². The highest BCUT2D eigenvalue weighted by Crippen LogP contribution is 2.35. The molecule has 1 aliphatic heterocycles. The van der Waals surface area contributed by atoms with Crippen molar-refractivity contribution in [2.75, 3.05) is 19.6 Å². The lowest BCUT2D eigenvalue weighted by Gasteiger charge is -2.45. The van der Waals surface area contributed by atoms with Crippen LogP contribution >= 0.6 is 0 Å². The van der Waals surface area contributed by atoms with Crippen molar-refractivity contribution >= 4 is 0 Å². The van der Waals surface area contributed by atoms with Gasteiger partial charge in [-0.25, -0.2) is 0 Å². The predicted octanol–water partition coefficient (Wildman–Crippen LogP) is 3.20. The molecule has 0 amide bonds. The minimum absolute atomic E-state index is 0.988. The molecule has 82 valence electrons. The molecule has 14 heavy (non-hydrogen) atoms. The van der Waals surface area contributed by atoms with E-state index < -0.39 is 0 Å². The Bertz CT molecular complexity index is 182. The summed E-state index contributed by atoms with van der Waals surface area (Å²) in [6.45, 7) is 9.25. The van der Waals surface area contributed by atoms with E-state index in [1.807, 2.05) is 0 Å². The van der Waals surface area contributed by atoms with Crippen LogP contribution in [0.2, 0.25) is 0 Å². The minimum atomic E-state index is 0.988. The van der Waals surface area contributed by atoms with E-state index in [4.69, 9.17) is 0 Å². The van der Waals surface area contributed by atoms with Gasteiger partial charge in [-0.05, 0) is 26.2 Å². The number of hydrogen-bond acceptors (Lipinski definition) is 0. The van der Waals surface area contributed by atoms with Gasteiger partial charge >= 0.3 is 0 Å². The molecule has 2 unspecified atom stereocenters. The number of hydrogen-bond donors (Lipinski definition) is 0. The normalized spacial score (nSPS) is 37.3. The Morgan fingerprint density at radius 1 is 1.00 bits per heavy atom. The Kier molecular flexibility index (Phi) is 3.16. The van der Waals surface area contributed by atoms with Crippen LogP contribution in [0, 0.1) is 5.92 Å². The zero-order valence-corrected chi connectivity index (χ0v) is 9.97. The second kappa shape index (κ2) is 4.22. The second-order valence-corrected chi connectivity index (χ2v) is 5.52. The molecule has 1 saturated carbocycles. The molecule has 1 aliphatic carbocycles. The van der Waals surface area contributed by atoms with E-state index in [1.165, 1.54) is 62.6 Å². The molecule has 1 nitrogen and oxygen atoms in total. The first-order valence-corrected chi connectivity index (χ1v) is 6.64.